The van der Waals surface area contributed by atoms with E-state index in [0.717, 1.165) is 31.8 Å². The Morgan fingerprint density at radius 1 is 1.23 bits per heavy atom. The maximum absolute atomic E-state index is 13.3. The molecular formula is C20H30FN3O2. The largest absolute Gasteiger partial charge is 0.492 e. The highest BCUT2D eigenvalue weighted by molar-refractivity contribution is 5.91. The van der Waals surface area contributed by atoms with Crippen molar-refractivity contribution in [1.29, 1.82) is 0 Å². The minimum absolute atomic E-state index is 0.186. The standard InChI is InChI=1S/C20H30FN3O2/c1-2-26-19-13-16(21)7-8-18(19)23-20(25)22-17-9-11-24(12-10-17)14-15-5-3-4-6-15/h7-8,13,15,17H,2-6,9-12,14H2,1H3,(H2,22,23,25). The van der Waals surface area contributed by atoms with Crippen LogP contribution >= 0.6 is 0 Å². The lowest BCUT2D eigenvalue weighted by atomic mass is 10.0. The van der Waals surface area contributed by atoms with Crippen molar-refractivity contribution in [3.63, 3.8) is 0 Å². The Hall–Kier alpha value is -1.82. The lowest BCUT2D eigenvalue weighted by molar-refractivity contribution is 0.173. The van der Waals surface area contributed by atoms with Crippen LogP contribution in [0.4, 0.5) is 14.9 Å². The molecule has 1 aromatic carbocycles. The molecule has 0 aromatic heterocycles. The number of benzene rings is 1. The Kier molecular flexibility index (Phi) is 6.72. The molecule has 1 aliphatic carbocycles. The predicted octanol–water partition coefficient (Wildman–Crippen LogP) is 4.00. The van der Waals surface area contributed by atoms with Gasteiger partial charge in [0.15, 0.2) is 0 Å². The Bertz CT molecular complexity index is 597. The van der Waals surface area contributed by atoms with Gasteiger partial charge in [-0.1, -0.05) is 12.8 Å². The van der Waals surface area contributed by atoms with E-state index < -0.39 is 0 Å². The summed E-state index contributed by atoms with van der Waals surface area (Å²) in [5, 5.41) is 5.82. The van der Waals surface area contributed by atoms with E-state index in [1.165, 1.54) is 50.4 Å². The van der Waals surface area contributed by atoms with Gasteiger partial charge in [0, 0.05) is 31.7 Å². The number of carbonyl (C=O) groups is 1. The first-order chi connectivity index (χ1) is 12.6. The summed E-state index contributed by atoms with van der Waals surface area (Å²) >= 11 is 0. The zero-order valence-corrected chi connectivity index (χ0v) is 15.6. The highest BCUT2D eigenvalue weighted by atomic mass is 19.1. The first kappa shape index (κ1) is 19.0. The number of rotatable bonds is 6. The Balaban J connectivity index is 1.44. The van der Waals surface area contributed by atoms with Gasteiger partial charge in [0.2, 0.25) is 0 Å². The summed E-state index contributed by atoms with van der Waals surface area (Å²) in [6, 6.07) is 4.07. The molecule has 26 heavy (non-hydrogen) atoms. The first-order valence-corrected chi connectivity index (χ1v) is 9.86. The molecule has 2 aliphatic rings. The SMILES string of the molecule is CCOc1cc(F)ccc1NC(=O)NC1CCN(CC2CCCC2)CC1. The number of anilines is 1. The van der Waals surface area contributed by atoms with Crippen LogP contribution in [-0.4, -0.2) is 43.2 Å². The quantitative estimate of drug-likeness (QED) is 0.803. The number of halogens is 1. The second-order valence-corrected chi connectivity index (χ2v) is 7.40. The smallest absolute Gasteiger partial charge is 0.319 e. The summed E-state index contributed by atoms with van der Waals surface area (Å²) in [7, 11) is 0. The molecule has 1 saturated carbocycles. The molecule has 0 atom stereocenters. The van der Waals surface area contributed by atoms with Crippen LogP contribution in [-0.2, 0) is 0 Å². The van der Waals surface area contributed by atoms with E-state index in [2.05, 4.69) is 15.5 Å². The number of hydrogen-bond acceptors (Lipinski definition) is 3. The molecule has 2 fully saturated rings. The Morgan fingerprint density at radius 3 is 2.65 bits per heavy atom. The van der Waals surface area contributed by atoms with Crippen molar-refractivity contribution in [2.24, 2.45) is 5.92 Å². The maximum Gasteiger partial charge on any atom is 0.319 e. The van der Waals surface area contributed by atoms with E-state index in [9.17, 15) is 9.18 Å². The summed E-state index contributed by atoms with van der Waals surface area (Å²) in [4.78, 5) is 14.8. The molecule has 0 radical (unpaired) electrons. The fourth-order valence-electron chi connectivity index (χ4n) is 4.04. The summed E-state index contributed by atoms with van der Waals surface area (Å²) in [6.07, 6.45) is 7.47. The summed E-state index contributed by atoms with van der Waals surface area (Å²) < 4.78 is 18.7. The Morgan fingerprint density at radius 2 is 1.96 bits per heavy atom. The molecule has 1 saturated heterocycles. The van der Waals surface area contributed by atoms with Crippen molar-refractivity contribution in [3.05, 3.63) is 24.0 Å². The van der Waals surface area contributed by atoms with Crippen LogP contribution in [0, 0.1) is 11.7 Å². The maximum atomic E-state index is 13.3. The third kappa shape index (κ3) is 5.34. The molecule has 1 aromatic rings. The molecule has 0 spiro atoms. The molecule has 0 bridgehead atoms. The average molecular weight is 363 g/mol. The average Bonchev–Trinajstić information content (AvgIpc) is 3.12. The van der Waals surface area contributed by atoms with Crippen LogP contribution in [0.3, 0.4) is 0 Å². The molecule has 5 nitrogen and oxygen atoms in total. The molecule has 144 valence electrons. The number of piperidine rings is 1. The van der Waals surface area contributed by atoms with Gasteiger partial charge in [-0.05, 0) is 50.7 Å². The van der Waals surface area contributed by atoms with Crippen LogP contribution < -0.4 is 15.4 Å². The van der Waals surface area contributed by atoms with Crippen molar-refractivity contribution >= 4 is 11.7 Å². The van der Waals surface area contributed by atoms with Crippen molar-refractivity contribution in [2.75, 3.05) is 31.6 Å². The highest BCUT2D eigenvalue weighted by Crippen LogP contribution is 2.27. The molecule has 0 unspecified atom stereocenters. The van der Waals surface area contributed by atoms with Crippen molar-refractivity contribution in [2.45, 2.75) is 51.5 Å². The normalized spacial score (nSPS) is 19.5. The lowest BCUT2D eigenvalue weighted by Crippen LogP contribution is -2.46. The topological polar surface area (TPSA) is 53.6 Å². The van der Waals surface area contributed by atoms with E-state index in [1.54, 1.807) is 0 Å². The van der Waals surface area contributed by atoms with E-state index in [-0.39, 0.29) is 17.9 Å². The zero-order valence-electron chi connectivity index (χ0n) is 15.6. The number of hydrogen-bond donors (Lipinski definition) is 2. The van der Waals surface area contributed by atoms with Crippen LogP contribution in [0.2, 0.25) is 0 Å². The van der Waals surface area contributed by atoms with Crippen LogP contribution in [0.15, 0.2) is 18.2 Å². The molecule has 3 rings (SSSR count). The van der Waals surface area contributed by atoms with Gasteiger partial charge in [-0.3, -0.25) is 0 Å². The van der Waals surface area contributed by atoms with Gasteiger partial charge in [-0.15, -0.1) is 0 Å². The van der Waals surface area contributed by atoms with Gasteiger partial charge < -0.3 is 20.3 Å². The fourth-order valence-corrected chi connectivity index (χ4v) is 4.04. The number of nitrogens with zero attached hydrogens (tertiary/aromatic N) is 1. The van der Waals surface area contributed by atoms with Gasteiger partial charge >= 0.3 is 6.03 Å². The van der Waals surface area contributed by atoms with Crippen LogP contribution in [0.1, 0.15) is 45.4 Å². The highest BCUT2D eigenvalue weighted by Gasteiger charge is 2.24. The monoisotopic (exact) mass is 363 g/mol. The predicted molar refractivity (Wildman–Crippen MR) is 101 cm³/mol. The molecule has 6 heteroatoms. The van der Waals surface area contributed by atoms with Crippen LogP contribution in [0.5, 0.6) is 5.75 Å². The van der Waals surface area contributed by atoms with Gasteiger partial charge in [0.05, 0.1) is 12.3 Å². The van der Waals surface area contributed by atoms with Crippen molar-refractivity contribution in [1.82, 2.24) is 10.2 Å². The molecule has 2 N–H and O–H groups in total. The lowest BCUT2D eigenvalue weighted by Gasteiger charge is -2.33. The number of urea groups is 1. The summed E-state index contributed by atoms with van der Waals surface area (Å²) in [5.74, 6) is 0.848. The second-order valence-electron chi connectivity index (χ2n) is 7.40. The van der Waals surface area contributed by atoms with E-state index >= 15 is 0 Å². The minimum Gasteiger partial charge on any atom is -0.492 e. The minimum atomic E-state index is -0.381. The van der Waals surface area contributed by atoms with E-state index in [0.29, 0.717) is 18.0 Å². The van der Waals surface area contributed by atoms with Crippen molar-refractivity contribution < 1.29 is 13.9 Å². The Labute approximate surface area is 155 Å². The zero-order chi connectivity index (χ0) is 18.4. The molecule has 2 amide bonds. The number of likely N-dealkylation sites (tertiary alicyclic amines) is 1. The number of nitrogens with one attached hydrogen (secondary N) is 2. The van der Waals surface area contributed by atoms with Gasteiger partial charge in [0.1, 0.15) is 11.6 Å². The number of ether oxygens (including phenoxy) is 1. The summed E-state index contributed by atoms with van der Waals surface area (Å²) in [5.41, 5.74) is 0.490. The van der Waals surface area contributed by atoms with E-state index in [1.807, 2.05) is 6.92 Å². The molecular weight excluding hydrogens is 333 g/mol. The number of carbonyl (C=O) groups excluding carboxylic acids is 1. The number of amides is 2. The molecule has 1 aliphatic heterocycles. The third-order valence-electron chi connectivity index (χ3n) is 5.41. The van der Waals surface area contributed by atoms with Gasteiger partial charge in [-0.2, -0.15) is 0 Å². The van der Waals surface area contributed by atoms with Gasteiger partial charge in [0.25, 0.3) is 0 Å². The third-order valence-corrected chi connectivity index (χ3v) is 5.41. The second kappa shape index (κ2) is 9.21. The van der Waals surface area contributed by atoms with Gasteiger partial charge in [-0.25, -0.2) is 9.18 Å². The van der Waals surface area contributed by atoms with Crippen molar-refractivity contribution in [3.8, 4) is 5.75 Å². The van der Waals surface area contributed by atoms with Crippen LogP contribution in [0.25, 0.3) is 0 Å². The first-order valence-electron chi connectivity index (χ1n) is 9.86. The van der Waals surface area contributed by atoms with E-state index in [4.69, 9.17) is 4.74 Å². The summed E-state index contributed by atoms with van der Waals surface area (Å²) in [6.45, 7) is 5.55. The molecule has 1 heterocycles. The fraction of sp³-hybridized carbons (Fsp3) is 0.650.